The molecule has 0 heterocycles. The molecule has 1 saturated carbocycles. The topological polar surface area (TPSA) is 41.1 Å². The molecule has 0 spiro atoms. The fourth-order valence-electron chi connectivity index (χ4n) is 3.13. The summed E-state index contributed by atoms with van der Waals surface area (Å²) in [6.07, 6.45) is 4.68. The van der Waals surface area contributed by atoms with Crippen molar-refractivity contribution in [2.45, 2.75) is 38.6 Å². The lowest BCUT2D eigenvalue weighted by Gasteiger charge is -2.26. The van der Waals surface area contributed by atoms with Crippen LogP contribution in [0.3, 0.4) is 0 Å². The fraction of sp³-hybridized carbons (Fsp3) is 0.588. The SMILES string of the molecule is CNCC(C)C(=O)NC(c1ccc(F)cc1)C1CCCC1.Cl. The summed E-state index contributed by atoms with van der Waals surface area (Å²) >= 11 is 0. The molecule has 124 valence electrons. The van der Waals surface area contributed by atoms with Crippen LogP contribution in [-0.4, -0.2) is 19.5 Å². The van der Waals surface area contributed by atoms with Crippen molar-refractivity contribution >= 4 is 18.3 Å². The molecule has 1 aliphatic rings. The zero-order chi connectivity index (χ0) is 15.2. The summed E-state index contributed by atoms with van der Waals surface area (Å²) in [5.74, 6) is 0.213. The van der Waals surface area contributed by atoms with Gasteiger partial charge in [0.2, 0.25) is 5.91 Å². The molecule has 22 heavy (non-hydrogen) atoms. The van der Waals surface area contributed by atoms with Crippen LogP contribution in [0.25, 0.3) is 0 Å². The van der Waals surface area contributed by atoms with Crippen molar-refractivity contribution in [2.75, 3.05) is 13.6 Å². The third-order valence-corrected chi connectivity index (χ3v) is 4.36. The minimum absolute atomic E-state index is 0. The quantitative estimate of drug-likeness (QED) is 0.839. The Morgan fingerprint density at radius 3 is 2.41 bits per heavy atom. The van der Waals surface area contributed by atoms with Gasteiger partial charge in [-0.05, 0) is 43.5 Å². The Morgan fingerprint density at radius 2 is 1.86 bits per heavy atom. The summed E-state index contributed by atoms with van der Waals surface area (Å²) in [7, 11) is 1.85. The molecule has 1 aromatic rings. The van der Waals surface area contributed by atoms with Gasteiger partial charge in [-0.1, -0.05) is 31.9 Å². The molecule has 1 fully saturated rings. The smallest absolute Gasteiger partial charge is 0.224 e. The van der Waals surface area contributed by atoms with E-state index in [2.05, 4.69) is 10.6 Å². The minimum Gasteiger partial charge on any atom is -0.349 e. The zero-order valence-electron chi connectivity index (χ0n) is 13.3. The van der Waals surface area contributed by atoms with E-state index in [9.17, 15) is 9.18 Å². The summed E-state index contributed by atoms with van der Waals surface area (Å²) in [5.41, 5.74) is 1.01. The Bertz CT molecular complexity index is 460. The number of rotatable bonds is 6. The highest BCUT2D eigenvalue weighted by Crippen LogP contribution is 2.35. The van der Waals surface area contributed by atoms with E-state index >= 15 is 0 Å². The van der Waals surface area contributed by atoms with Crippen LogP contribution in [0.2, 0.25) is 0 Å². The van der Waals surface area contributed by atoms with E-state index in [-0.39, 0.29) is 36.1 Å². The first-order chi connectivity index (χ1) is 10.1. The number of hydrogen-bond donors (Lipinski definition) is 2. The third-order valence-electron chi connectivity index (χ3n) is 4.36. The summed E-state index contributed by atoms with van der Waals surface area (Å²) in [6, 6.07) is 6.53. The van der Waals surface area contributed by atoms with E-state index in [0.29, 0.717) is 12.5 Å². The molecule has 0 aliphatic heterocycles. The van der Waals surface area contributed by atoms with Gasteiger partial charge in [-0.25, -0.2) is 4.39 Å². The van der Waals surface area contributed by atoms with Gasteiger partial charge in [0.1, 0.15) is 5.82 Å². The predicted molar refractivity (Wildman–Crippen MR) is 89.6 cm³/mol. The Hall–Kier alpha value is -1.13. The van der Waals surface area contributed by atoms with E-state index in [1.165, 1.54) is 25.0 Å². The maximum absolute atomic E-state index is 13.1. The standard InChI is InChI=1S/C17H25FN2O.ClH/c1-12(11-19-2)17(21)20-16(13-5-3-4-6-13)14-7-9-15(18)10-8-14;/h7-10,12-13,16,19H,3-6,11H2,1-2H3,(H,20,21);1H. The highest BCUT2D eigenvalue weighted by atomic mass is 35.5. The average Bonchev–Trinajstić information content (AvgIpc) is 3.00. The molecule has 2 N–H and O–H groups in total. The van der Waals surface area contributed by atoms with Crippen molar-refractivity contribution < 1.29 is 9.18 Å². The number of carbonyl (C=O) groups is 1. The summed E-state index contributed by atoms with van der Waals surface area (Å²) in [6.45, 7) is 2.58. The van der Waals surface area contributed by atoms with Crippen LogP contribution >= 0.6 is 12.4 Å². The van der Waals surface area contributed by atoms with Gasteiger partial charge in [0.15, 0.2) is 0 Å². The Kier molecular flexibility index (Phi) is 7.83. The Balaban J connectivity index is 0.00000242. The number of halogens is 2. The molecule has 1 amide bonds. The van der Waals surface area contributed by atoms with Gasteiger partial charge in [0, 0.05) is 12.5 Å². The number of nitrogens with one attached hydrogen (secondary N) is 2. The highest BCUT2D eigenvalue weighted by Gasteiger charge is 2.28. The summed E-state index contributed by atoms with van der Waals surface area (Å²) in [4.78, 5) is 12.3. The number of benzene rings is 1. The first kappa shape index (κ1) is 18.9. The van der Waals surface area contributed by atoms with Crippen LogP contribution in [-0.2, 0) is 4.79 Å². The van der Waals surface area contributed by atoms with Gasteiger partial charge in [-0.2, -0.15) is 0 Å². The maximum atomic E-state index is 13.1. The number of amides is 1. The minimum atomic E-state index is -0.237. The van der Waals surface area contributed by atoms with E-state index in [4.69, 9.17) is 0 Å². The van der Waals surface area contributed by atoms with Gasteiger partial charge in [0.25, 0.3) is 0 Å². The fourth-order valence-corrected chi connectivity index (χ4v) is 3.13. The van der Waals surface area contributed by atoms with Crippen molar-refractivity contribution in [1.82, 2.24) is 10.6 Å². The third kappa shape index (κ3) is 4.96. The molecule has 3 nitrogen and oxygen atoms in total. The van der Waals surface area contributed by atoms with Crippen molar-refractivity contribution in [1.29, 1.82) is 0 Å². The molecule has 2 unspecified atom stereocenters. The first-order valence-corrected chi connectivity index (χ1v) is 7.82. The zero-order valence-corrected chi connectivity index (χ0v) is 14.1. The molecule has 5 heteroatoms. The van der Waals surface area contributed by atoms with Crippen molar-refractivity contribution in [3.05, 3.63) is 35.6 Å². The molecule has 0 bridgehead atoms. The molecule has 0 aromatic heterocycles. The Labute approximate surface area is 138 Å². The molecule has 2 atom stereocenters. The van der Waals surface area contributed by atoms with Crippen molar-refractivity contribution in [3.63, 3.8) is 0 Å². The predicted octanol–water partition coefficient (Wildman–Crippen LogP) is 3.45. The van der Waals surface area contributed by atoms with E-state index in [1.807, 2.05) is 14.0 Å². The second kappa shape index (κ2) is 9.11. The summed E-state index contributed by atoms with van der Waals surface area (Å²) < 4.78 is 13.1. The van der Waals surface area contributed by atoms with E-state index in [1.54, 1.807) is 12.1 Å². The van der Waals surface area contributed by atoms with Crippen molar-refractivity contribution in [2.24, 2.45) is 11.8 Å². The van der Waals surface area contributed by atoms with Gasteiger partial charge >= 0.3 is 0 Å². The van der Waals surface area contributed by atoms with Gasteiger partial charge in [-0.15, -0.1) is 12.4 Å². The summed E-state index contributed by atoms with van der Waals surface area (Å²) in [5, 5.41) is 6.21. The van der Waals surface area contributed by atoms with Gasteiger partial charge in [-0.3, -0.25) is 4.79 Å². The van der Waals surface area contributed by atoms with Crippen LogP contribution < -0.4 is 10.6 Å². The lowest BCUT2D eigenvalue weighted by molar-refractivity contribution is -0.125. The normalized spacial score (nSPS) is 17.6. The van der Waals surface area contributed by atoms with Crippen molar-refractivity contribution in [3.8, 4) is 0 Å². The van der Waals surface area contributed by atoms with E-state index < -0.39 is 0 Å². The van der Waals surface area contributed by atoms with Crippen LogP contribution in [0.5, 0.6) is 0 Å². The number of carbonyl (C=O) groups excluding carboxylic acids is 1. The lowest BCUT2D eigenvalue weighted by atomic mass is 9.91. The first-order valence-electron chi connectivity index (χ1n) is 7.82. The van der Waals surface area contributed by atoms with Crippen LogP contribution in [0.15, 0.2) is 24.3 Å². The largest absolute Gasteiger partial charge is 0.349 e. The van der Waals surface area contributed by atoms with Crippen LogP contribution in [0.4, 0.5) is 4.39 Å². The average molecular weight is 329 g/mol. The van der Waals surface area contributed by atoms with E-state index in [0.717, 1.165) is 18.4 Å². The molecule has 1 aliphatic carbocycles. The maximum Gasteiger partial charge on any atom is 0.224 e. The van der Waals surface area contributed by atoms with Gasteiger partial charge < -0.3 is 10.6 Å². The molecule has 0 saturated heterocycles. The molecule has 2 rings (SSSR count). The number of hydrogen-bond acceptors (Lipinski definition) is 2. The van der Waals surface area contributed by atoms with Crippen LogP contribution in [0.1, 0.15) is 44.2 Å². The molecular weight excluding hydrogens is 303 g/mol. The lowest BCUT2D eigenvalue weighted by Crippen LogP contribution is -2.39. The molecule has 0 radical (unpaired) electrons. The molecular formula is C17H26ClFN2O. The second-order valence-corrected chi connectivity index (χ2v) is 6.04. The van der Waals surface area contributed by atoms with Gasteiger partial charge in [0.05, 0.1) is 6.04 Å². The monoisotopic (exact) mass is 328 g/mol. The Morgan fingerprint density at radius 1 is 1.27 bits per heavy atom. The second-order valence-electron chi connectivity index (χ2n) is 6.04. The highest BCUT2D eigenvalue weighted by molar-refractivity contribution is 5.85. The molecule has 1 aromatic carbocycles. The van der Waals surface area contributed by atoms with Crippen LogP contribution in [0, 0.1) is 17.7 Å².